The highest BCUT2D eigenvalue weighted by atomic mass is 16.5. The van der Waals surface area contributed by atoms with Gasteiger partial charge < -0.3 is 14.9 Å². The lowest BCUT2D eigenvalue weighted by molar-refractivity contribution is 0.103. The number of methoxy groups -OCH3 is 1. The summed E-state index contributed by atoms with van der Waals surface area (Å²) in [6, 6.07) is 13.9. The third-order valence-corrected chi connectivity index (χ3v) is 4.12. The summed E-state index contributed by atoms with van der Waals surface area (Å²) in [5, 5.41) is 20.1. The number of rotatable bonds is 5. The smallest absolute Gasteiger partial charge is 0.189 e. The number of carbonyl (C=O) groups is 1. The van der Waals surface area contributed by atoms with E-state index < -0.39 is 0 Å². The third kappa shape index (κ3) is 3.43. The van der Waals surface area contributed by atoms with E-state index in [9.17, 15) is 15.0 Å². The molecule has 0 aliphatic rings. The summed E-state index contributed by atoms with van der Waals surface area (Å²) in [5.41, 5.74) is 2.80. The number of benzene rings is 2. The van der Waals surface area contributed by atoms with Crippen molar-refractivity contribution in [1.82, 2.24) is 4.98 Å². The van der Waals surface area contributed by atoms with Gasteiger partial charge in [0.05, 0.1) is 24.9 Å². The summed E-state index contributed by atoms with van der Waals surface area (Å²) in [6.45, 7) is 1.48. The Hall–Kier alpha value is -3.18. The highest BCUT2D eigenvalue weighted by Crippen LogP contribution is 2.28. The fraction of sp³-hybridized carbons (Fsp3) is 0.143. The largest absolute Gasteiger partial charge is 0.504 e. The number of carbonyl (C=O) groups excluding carboxylic acids is 1. The maximum atomic E-state index is 13.0. The van der Waals surface area contributed by atoms with Crippen LogP contribution in [0.25, 0.3) is 17.0 Å². The predicted octanol–water partition coefficient (Wildman–Crippen LogP) is 3.73. The summed E-state index contributed by atoms with van der Waals surface area (Å²) >= 11 is 0. The maximum absolute atomic E-state index is 13.0. The second-order valence-corrected chi connectivity index (χ2v) is 5.92. The number of ketones is 1. The number of aromatic nitrogens is 1. The molecule has 1 aromatic heterocycles. The molecule has 0 saturated carbocycles. The quantitative estimate of drug-likeness (QED) is 0.542. The molecule has 3 rings (SSSR count). The van der Waals surface area contributed by atoms with Gasteiger partial charge in [-0.3, -0.25) is 9.78 Å². The number of pyridine rings is 1. The first-order chi connectivity index (χ1) is 12.5. The van der Waals surface area contributed by atoms with E-state index in [1.807, 2.05) is 24.3 Å². The number of hydrogen-bond donors (Lipinski definition) is 2. The van der Waals surface area contributed by atoms with Gasteiger partial charge in [0, 0.05) is 10.9 Å². The van der Waals surface area contributed by atoms with E-state index in [1.54, 1.807) is 37.3 Å². The van der Waals surface area contributed by atoms with Crippen molar-refractivity contribution in [2.24, 2.45) is 0 Å². The van der Waals surface area contributed by atoms with Crippen molar-refractivity contribution in [3.63, 3.8) is 0 Å². The van der Waals surface area contributed by atoms with Crippen LogP contribution in [0, 0.1) is 0 Å². The molecule has 0 aliphatic heterocycles. The van der Waals surface area contributed by atoms with Crippen molar-refractivity contribution >= 4 is 22.8 Å². The van der Waals surface area contributed by atoms with E-state index in [0.29, 0.717) is 33.7 Å². The molecule has 0 radical (unpaired) electrons. The fourth-order valence-corrected chi connectivity index (χ4v) is 2.82. The molecule has 3 aromatic rings. The van der Waals surface area contributed by atoms with Gasteiger partial charge in [0.1, 0.15) is 0 Å². The fourth-order valence-electron chi connectivity index (χ4n) is 2.82. The molecule has 0 fully saturated rings. The first-order valence-corrected chi connectivity index (χ1v) is 8.13. The van der Waals surface area contributed by atoms with Gasteiger partial charge in [0.2, 0.25) is 0 Å². The Balaban J connectivity index is 2.03. The highest BCUT2D eigenvalue weighted by Gasteiger charge is 2.14. The summed E-state index contributed by atoms with van der Waals surface area (Å²) in [4.78, 5) is 17.3. The van der Waals surface area contributed by atoms with Crippen molar-refractivity contribution in [2.45, 2.75) is 13.5 Å². The molecule has 5 heteroatoms. The molecule has 5 nitrogen and oxygen atoms in total. The van der Waals surface area contributed by atoms with Gasteiger partial charge in [-0.2, -0.15) is 0 Å². The molecule has 0 unspecified atom stereocenters. The van der Waals surface area contributed by atoms with Crippen molar-refractivity contribution in [3.8, 4) is 11.5 Å². The Kier molecular flexibility index (Phi) is 5.00. The van der Waals surface area contributed by atoms with Crippen LogP contribution in [0.4, 0.5) is 0 Å². The topological polar surface area (TPSA) is 79.7 Å². The van der Waals surface area contributed by atoms with Crippen LogP contribution in [0.15, 0.2) is 54.1 Å². The zero-order chi connectivity index (χ0) is 18.7. The Morgan fingerprint density at radius 2 is 1.96 bits per heavy atom. The maximum Gasteiger partial charge on any atom is 0.189 e. The number of ether oxygens (including phenoxy) is 1. The van der Waals surface area contributed by atoms with Crippen molar-refractivity contribution in [2.75, 3.05) is 7.11 Å². The molecule has 1 heterocycles. The molecular weight excluding hydrogens is 330 g/mol. The highest BCUT2D eigenvalue weighted by molar-refractivity contribution is 6.17. The number of aliphatic hydroxyl groups is 1. The van der Waals surface area contributed by atoms with E-state index in [2.05, 4.69) is 4.98 Å². The molecule has 0 atom stereocenters. The normalized spacial score (nSPS) is 11.6. The average molecular weight is 349 g/mol. The van der Waals surface area contributed by atoms with Gasteiger partial charge in [-0.15, -0.1) is 0 Å². The molecular formula is C21H19NO4. The second-order valence-electron chi connectivity index (χ2n) is 5.92. The van der Waals surface area contributed by atoms with Crippen LogP contribution in [0.2, 0.25) is 0 Å². The van der Waals surface area contributed by atoms with Crippen LogP contribution in [0.5, 0.6) is 11.5 Å². The Labute approximate surface area is 151 Å². The minimum atomic E-state index is -0.236. The zero-order valence-corrected chi connectivity index (χ0v) is 14.6. The second kappa shape index (κ2) is 7.37. The van der Waals surface area contributed by atoms with Crippen molar-refractivity contribution < 1.29 is 19.7 Å². The first kappa shape index (κ1) is 17.6. The molecule has 0 bridgehead atoms. The Bertz CT molecular complexity index is 1010. The van der Waals surface area contributed by atoms with Gasteiger partial charge in [-0.1, -0.05) is 24.3 Å². The number of aliphatic hydroxyl groups excluding tert-OH is 1. The van der Waals surface area contributed by atoms with Gasteiger partial charge in [0.25, 0.3) is 0 Å². The van der Waals surface area contributed by atoms with Gasteiger partial charge in [0.15, 0.2) is 17.3 Å². The van der Waals surface area contributed by atoms with E-state index in [1.165, 1.54) is 7.11 Å². The summed E-state index contributed by atoms with van der Waals surface area (Å²) < 4.78 is 5.03. The summed E-state index contributed by atoms with van der Waals surface area (Å²) in [6.07, 6.45) is 1.70. The molecule has 0 spiro atoms. The van der Waals surface area contributed by atoms with Crippen molar-refractivity contribution in [3.05, 3.63) is 70.9 Å². The lowest BCUT2D eigenvalue weighted by atomic mass is 9.98. The number of Topliss-reactive ketones (excluding diaryl/α,β-unsaturated/α-hetero) is 1. The van der Waals surface area contributed by atoms with Gasteiger partial charge in [-0.05, 0) is 48.4 Å². The Morgan fingerprint density at radius 3 is 2.65 bits per heavy atom. The number of hydrogen-bond acceptors (Lipinski definition) is 5. The molecule has 2 aromatic carbocycles. The van der Waals surface area contributed by atoms with Crippen molar-refractivity contribution in [1.29, 1.82) is 0 Å². The van der Waals surface area contributed by atoms with Crippen LogP contribution >= 0.6 is 0 Å². The first-order valence-electron chi connectivity index (χ1n) is 8.13. The van der Waals surface area contributed by atoms with Crippen LogP contribution in [-0.2, 0) is 6.61 Å². The summed E-state index contributed by atoms with van der Waals surface area (Å²) in [7, 11) is 1.48. The zero-order valence-electron chi connectivity index (χ0n) is 14.6. The summed E-state index contributed by atoms with van der Waals surface area (Å²) in [5.74, 6) is 0.228. The molecule has 26 heavy (non-hydrogen) atoms. The van der Waals surface area contributed by atoms with Gasteiger partial charge >= 0.3 is 0 Å². The third-order valence-electron chi connectivity index (χ3n) is 4.12. The number of nitrogens with zero attached hydrogens (tertiary/aromatic N) is 1. The molecule has 132 valence electrons. The van der Waals surface area contributed by atoms with E-state index in [-0.39, 0.29) is 18.1 Å². The lowest BCUT2D eigenvalue weighted by Gasteiger charge is -2.09. The van der Waals surface area contributed by atoms with E-state index in [0.717, 1.165) is 5.39 Å². The van der Waals surface area contributed by atoms with Crippen LogP contribution < -0.4 is 4.74 Å². The lowest BCUT2D eigenvalue weighted by Crippen LogP contribution is -2.04. The standard InChI is InChI=1S/C21H19NO4/c1-13(9-14-7-8-20(26-2)19(24)10-14)21(25)17-11-15(12-23)22-18-6-4-3-5-16(17)18/h3-11,23-24H,12H2,1-2H3/b13-9+. The number of para-hydroxylation sites is 1. The van der Waals surface area contributed by atoms with E-state index >= 15 is 0 Å². The Morgan fingerprint density at radius 1 is 1.19 bits per heavy atom. The monoisotopic (exact) mass is 349 g/mol. The molecule has 0 saturated heterocycles. The van der Waals surface area contributed by atoms with Crippen LogP contribution in [0.3, 0.4) is 0 Å². The van der Waals surface area contributed by atoms with E-state index in [4.69, 9.17) is 4.74 Å². The number of allylic oxidation sites excluding steroid dienone is 1. The molecule has 0 amide bonds. The minimum Gasteiger partial charge on any atom is -0.504 e. The minimum absolute atomic E-state index is 0.0124. The molecule has 2 N–H and O–H groups in total. The molecule has 0 aliphatic carbocycles. The van der Waals surface area contributed by atoms with Gasteiger partial charge in [-0.25, -0.2) is 0 Å². The van der Waals surface area contributed by atoms with Crippen LogP contribution in [0.1, 0.15) is 28.5 Å². The SMILES string of the molecule is COc1ccc(/C=C(\C)C(=O)c2cc(CO)nc3ccccc23)cc1O. The predicted molar refractivity (Wildman–Crippen MR) is 100 cm³/mol. The number of fused-ring (bicyclic) bond motifs is 1. The average Bonchev–Trinajstić information content (AvgIpc) is 2.66. The number of phenols is 1. The number of aromatic hydroxyl groups is 1. The number of phenolic OH excluding ortho intramolecular Hbond substituents is 1. The van der Waals surface area contributed by atoms with Crippen LogP contribution in [-0.4, -0.2) is 28.1 Å².